The van der Waals surface area contributed by atoms with Gasteiger partial charge in [0.1, 0.15) is 11.3 Å². The molecule has 0 spiro atoms. The van der Waals surface area contributed by atoms with Gasteiger partial charge in [0.05, 0.1) is 18.7 Å². The Morgan fingerprint density at radius 2 is 1.84 bits per heavy atom. The number of aliphatic hydroxyl groups is 1. The molecule has 4 aromatic rings. The van der Waals surface area contributed by atoms with Crippen molar-refractivity contribution < 1.29 is 28.6 Å². The lowest BCUT2D eigenvalue weighted by atomic mass is 9.94. The number of carbonyl (C=O) groups excluding carboxylic acids is 3. The lowest BCUT2D eigenvalue weighted by Crippen LogP contribution is -2.31. The first-order chi connectivity index (χ1) is 17.8. The van der Waals surface area contributed by atoms with Gasteiger partial charge in [0.2, 0.25) is 11.7 Å². The third-order valence-corrected chi connectivity index (χ3v) is 6.24. The van der Waals surface area contributed by atoms with Crippen molar-refractivity contribution in [2.24, 2.45) is 0 Å². The third-order valence-electron chi connectivity index (χ3n) is 6.01. The normalized spacial score (nSPS) is 15.4. The van der Waals surface area contributed by atoms with Crippen LogP contribution in [-0.2, 0) is 9.59 Å². The number of aliphatic hydroxyl groups excluding tert-OH is 1. The Hall–Kier alpha value is -4.56. The number of ether oxygens (including phenoxy) is 1. The van der Waals surface area contributed by atoms with E-state index in [1.165, 1.54) is 25.0 Å². The zero-order valence-corrected chi connectivity index (χ0v) is 20.6. The summed E-state index contributed by atoms with van der Waals surface area (Å²) < 4.78 is 11.1. The van der Waals surface area contributed by atoms with E-state index in [1.807, 2.05) is 0 Å². The molecule has 0 radical (unpaired) electrons. The Morgan fingerprint density at radius 1 is 1.05 bits per heavy atom. The molecular weight excluding hydrogens is 496 g/mol. The number of benzene rings is 3. The number of ketones is 1. The van der Waals surface area contributed by atoms with Crippen LogP contribution in [0.3, 0.4) is 0 Å². The Labute approximate surface area is 216 Å². The van der Waals surface area contributed by atoms with Gasteiger partial charge in [-0.3, -0.25) is 19.3 Å². The number of furan rings is 1. The van der Waals surface area contributed by atoms with Crippen LogP contribution in [0.25, 0.3) is 11.0 Å². The Kier molecular flexibility index (Phi) is 6.19. The van der Waals surface area contributed by atoms with Crippen molar-refractivity contribution in [3.8, 4) is 5.75 Å². The quantitative estimate of drug-likeness (QED) is 0.312. The zero-order valence-electron chi connectivity index (χ0n) is 19.8. The highest BCUT2D eigenvalue weighted by atomic mass is 35.5. The highest BCUT2D eigenvalue weighted by molar-refractivity contribution is 6.31. The van der Waals surface area contributed by atoms with Crippen molar-refractivity contribution in [2.45, 2.75) is 13.0 Å². The molecule has 9 heteroatoms. The Bertz CT molecular complexity index is 1610. The van der Waals surface area contributed by atoms with Gasteiger partial charge in [-0.1, -0.05) is 29.8 Å². The molecule has 2 amide bonds. The van der Waals surface area contributed by atoms with Crippen LogP contribution in [0.5, 0.6) is 5.75 Å². The number of amides is 2. The van der Waals surface area contributed by atoms with Gasteiger partial charge >= 0.3 is 0 Å². The van der Waals surface area contributed by atoms with Gasteiger partial charge in [0.15, 0.2) is 11.5 Å². The zero-order chi connectivity index (χ0) is 26.3. The van der Waals surface area contributed by atoms with E-state index in [2.05, 4.69) is 5.32 Å². The lowest BCUT2D eigenvalue weighted by Gasteiger charge is -2.27. The number of fused-ring (bicyclic) bond motifs is 1. The van der Waals surface area contributed by atoms with Gasteiger partial charge in [-0.25, -0.2) is 0 Å². The van der Waals surface area contributed by atoms with Crippen LogP contribution in [-0.4, -0.2) is 29.8 Å². The molecule has 1 aliphatic heterocycles. The maximum atomic E-state index is 13.8. The molecule has 2 N–H and O–H groups in total. The van der Waals surface area contributed by atoms with E-state index in [0.717, 1.165) is 0 Å². The molecule has 0 saturated carbocycles. The fraction of sp³-hybridized carbons (Fsp3) is 0.107. The van der Waals surface area contributed by atoms with E-state index in [1.54, 1.807) is 66.7 Å². The highest BCUT2D eigenvalue weighted by Crippen LogP contribution is 2.43. The van der Waals surface area contributed by atoms with E-state index < -0.39 is 23.5 Å². The second-order valence-corrected chi connectivity index (χ2v) is 8.91. The van der Waals surface area contributed by atoms with Crippen LogP contribution in [0.15, 0.2) is 88.5 Å². The fourth-order valence-electron chi connectivity index (χ4n) is 4.43. The van der Waals surface area contributed by atoms with E-state index in [9.17, 15) is 19.5 Å². The van der Waals surface area contributed by atoms with E-state index in [0.29, 0.717) is 38.7 Å². The molecule has 3 aromatic carbocycles. The van der Waals surface area contributed by atoms with Gasteiger partial charge in [-0.05, 0) is 60.2 Å². The van der Waals surface area contributed by atoms with Crippen LogP contribution in [0.1, 0.15) is 29.1 Å². The number of nitrogens with one attached hydrogen (secondary N) is 1. The van der Waals surface area contributed by atoms with Crippen molar-refractivity contribution >= 4 is 51.5 Å². The molecule has 2 heterocycles. The molecule has 1 aliphatic rings. The maximum absolute atomic E-state index is 13.8. The molecule has 5 rings (SSSR count). The fourth-order valence-corrected chi connectivity index (χ4v) is 4.61. The van der Waals surface area contributed by atoms with E-state index in [-0.39, 0.29) is 17.2 Å². The predicted octanol–water partition coefficient (Wildman–Crippen LogP) is 5.84. The minimum atomic E-state index is -1.00. The first-order valence-electron chi connectivity index (χ1n) is 11.3. The van der Waals surface area contributed by atoms with Crippen LogP contribution >= 0.6 is 11.6 Å². The smallest absolute Gasteiger partial charge is 0.294 e. The number of Topliss-reactive ketones (excluding diaryl/α,β-unsaturated/α-hetero) is 1. The van der Waals surface area contributed by atoms with Gasteiger partial charge in [0, 0.05) is 28.7 Å². The van der Waals surface area contributed by atoms with Crippen molar-refractivity contribution in [1.82, 2.24) is 0 Å². The molecule has 186 valence electrons. The maximum Gasteiger partial charge on any atom is 0.294 e. The number of hydrogen-bond donors (Lipinski definition) is 2. The topological polar surface area (TPSA) is 109 Å². The number of carbonyl (C=O) groups is 3. The Morgan fingerprint density at radius 3 is 2.59 bits per heavy atom. The third kappa shape index (κ3) is 4.43. The molecule has 0 aliphatic carbocycles. The standard InChI is InChI=1S/C28H21ClN2O6/c1-15(32)30-19-6-4-7-20(14-19)31-25(16-5-3-8-21(12-16)36-2)24(27(34)28(31)35)26(33)23-13-17-11-18(29)9-10-22(17)37-23/h3-14,25,34H,1-2H3,(H,30,32). The number of hydrogen-bond acceptors (Lipinski definition) is 6. The summed E-state index contributed by atoms with van der Waals surface area (Å²) in [6.45, 7) is 1.37. The SMILES string of the molecule is COc1cccc(C2C(C(=O)c3cc4cc(Cl)ccc4o3)=C(O)C(=O)N2c2cccc(NC(C)=O)c2)c1. The summed E-state index contributed by atoms with van der Waals surface area (Å²) >= 11 is 6.07. The number of halogens is 1. The second kappa shape index (κ2) is 9.48. The molecule has 0 bridgehead atoms. The molecule has 0 saturated heterocycles. The van der Waals surface area contributed by atoms with Crippen molar-refractivity contribution in [1.29, 1.82) is 0 Å². The van der Waals surface area contributed by atoms with Crippen molar-refractivity contribution in [2.75, 3.05) is 17.3 Å². The first-order valence-corrected chi connectivity index (χ1v) is 11.7. The summed E-state index contributed by atoms with van der Waals surface area (Å²) in [4.78, 5) is 40.1. The number of anilines is 2. The number of methoxy groups -OCH3 is 1. The predicted molar refractivity (Wildman–Crippen MR) is 139 cm³/mol. The van der Waals surface area contributed by atoms with E-state index >= 15 is 0 Å². The average Bonchev–Trinajstić information content (AvgIpc) is 3.41. The molecule has 0 fully saturated rings. The van der Waals surface area contributed by atoms with Crippen molar-refractivity contribution in [3.05, 3.63) is 100 Å². The summed E-state index contributed by atoms with van der Waals surface area (Å²) in [5.74, 6) is -1.93. The lowest BCUT2D eigenvalue weighted by molar-refractivity contribution is -0.117. The number of rotatable bonds is 6. The molecule has 37 heavy (non-hydrogen) atoms. The monoisotopic (exact) mass is 516 g/mol. The molecule has 8 nitrogen and oxygen atoms in total. The number of nitrogens with zero attached hydrogens (tertiary/aromatic N) is 1. The van der Waals surface area contributed by atoms with Crippen LogP contribution < -0.4 is 15.0 Å². The van der Waals surface area contributed by atoms with Crippen LogP contribution in [0, 0.1) is 0 Å². The molecular formula is C28H21ClN2O6. The highest BCUT2D eigenvalue weighted by Gasteiger charge is 2.45. The van der Waals surface area contributed by atoms with Crippen LogP contribution in [0.4, 0.5) is 11.4 Å². The summed E-state index contributed by atoms with van der Waals surface area (Å²) in [7, 11) is 1.51. The summed E-state index contributed by atoms with van der Waals surface area (Å²) in [5.41, 5.74) is 1.65. The molecule has 1 atom stereocenters. The largest absolute Gasteiger partial charge is 0.503 e. The molecule has 1 aromatic heterocycles. The van der Waals surface area contributed by atoms with Gasteiger partial charge in [-0.15, -0.1) is 0 Å². The average molecular weight is 517 g/mol. The second-order valence-electron chi connectivity index (χ2n) is 8.47. The van der Waals surface area contributed by atoms with Gasteiger partial charge in [-0.2, -0.15) is 0 Å². The van der Waals surface area contributed by atoms with Gasteiger partial charge < -0.3 is 19.6 Å². The summed E-state index contributed by atoms with van der Waals surface area (Å²) in [6.07, 6.45) is 0. The summed E-state index contributed by atoms with van der Waals surface area (Å²) in [5, 5.41) is 14.8. The van der Waals surface area contributed by atoms with E-state index in [4.69, 9.17) is 20.8 Å². The minimum absolute atomic E-state index is 0.0478. The van der Waals surface area contributed by atoms with Gasteiger partial charge in [0.25, 0.3) is 5.91 Å². The van der Waals surface area contributed by atoms with Crippen molar-refractivity contribution in [3.63, 3.8) is 0 Å². The Balaban J connectivity index is 1.65. The minimum Gasteiger partial charge on any atom is -0.503 e. The first kappa shape index (κ1) is 24.1. The molecule has 1 unspecified atom stereocenters. The summed E-state index contributed by atoms with van der Waals surface area (Å²) in [6, 6.07) is 18.9. The van der Waals surface area contributed by atoms with Crippen LogP contribution in [0.2, 0.25) is 5.02 Å².